The number of benzene rings is 1. The van der Waals surface area contributed by atoms with Crippen LogP contribution in [0, 0.1) is 17.1 Å². The summed E-state index contributed by atoms with van der Waals surface area (Å²) in [5, 5.41) is 16.4. The minimum absolute atomic E-state index is 0.163. The van der Waals surface area contributed by atoms with Gasteiger partial charge >= 0.3 is 6.18 Å². The van der Waals surface area contributed by atoms with Crippen LogP contribution in [-0.2, 0) is 11.0 Å². The monoisotopic (exact) mass is 465 g/mol. The average molecular weight is 465 g/mol. The van der Waals surface area contributed by atoms with Gasteiger partial charge in [0.2, 0.25) is 5.91 Å². The Hall–Kier alpha value is -3.68. The van der Waals surface area contributed by atoms with E-state index in [0.717, 1.165) is 12.3 Å². The highest BCUT2D eigenvalue weighted by Crippen LogP contribution is 2.38. The lowest BCUT2D eigenvalue weighted by Gasteiger charge is -2.41. The summed E-state index contributed by atoms with van der Waals surface area (Å²) < 4.78 is 53.6. The summed E-state index contributed by atoms with van der Waals surface area (Å²) in [6, 6.07) is 5.79. The van der Waals surface area contributed by atoms with Gasteiger partial charge in [0.25, 0.3) is 5.91 Å². The number of nitrogens with one attached hydrogen (secondary N) is 3. The first kappa shape index (κ1) is 25.6. The van der Waals surface area contributed by atoms with Crippen molar-refractivity contribution < 1.29 is 27.2 Å². The molecule has 3 N–H and O–H groups in total. The molecule has 33 heavy (non-hydrogen) atoms. The molecule has 0 aliphatic heterocycles. The lowest BCUT2D eigenvalue weighted by molar-refractivity contribution is -0.138. The first-order valence-electron chi connectivity index (χ1n) is 10.2. The summed E-state index contributed by atoms with van der Waals surface area (Å²) in [6.45, 7) is 4.00. The number of pyridine rings is 1. The second kappa shape index (κ2) is 10.3. The smallest absolute Gasteiger partial charge is 0.371 e. The van der Waals surface area contributed by atoms with Crippen molar-refractivity contribution in [2.24, 2.45) is 0 Å². The Morgan fingerprint density at radius 3 is 2.30 bits per heavy atom. The van der Waals surface area contributed by atoms with Crippen molar-refractivity contribution in [1.29, 1.82) is 5.26 Å². The van der Waals surface area contributed by atoms with Crippen LogP contribution >= 0.6 is 0 Å². The Kier molecular flexibility index (Phi) is 7.98. The molecular formula is C22H23F4N5O2. The standard InChI is InChI=1S/C20H17F4N5O2.C2H6/c1-26-17(30)13-4-3-11(8-15(13)21)29-19(5-2-6-19)18(31)28-12-7-14(20(22,23)24)16(9-25)27-10-12;1-2/h3-4,7-8,10,29H,2,5-6H2,1H3,(H,26,30)(H,28,31);1-2H3. The molecule has 11 heteroatoms. The highest BCUT2D eigenvalue weighted by molar-refractivity contribution is 6.01. The fraction of sp³-hybridized carbons (Fsp3) is 0.364. The molecule has 1 aliphatic carbocycles. The third-order valence-corrected chi connectivity index (χ3v) is 5.02. The molecule has 0 unspecified atom stereocenters. The van der Waals surface area contributed by atoms with Crippen LogP contribution < -0.4 is 16.0 Å². The van der Waals surface area contributed by atoms with E-state index in [1.807, 2.05) is 13.8 Å². The number of anilines is 2. The van der Waals surface area contributed by atoms with Crippen LogP contribution in [0.2, 0.25) is 0 Å². The highest BCUT2D eigenvalue weighted by Gasteiger charge is 2.44. The van der Waals surface area contributed by atoms with Crippen LogP contribution in [0.3, 0.4) is 0 Å². The van der Waals surface area contributed by atoms with Crippen molar-refractivity contribution >= 4 is 23.2 Å². The van der Waals surface area contributed by atoms with E-state index >= 15 is 0 Å². The van der Waals surface area contributed by atoms with Crippen molar-refractivity contribution in [2.45, 2.75) is 44.8 Å². The van der Waals surface area contributed by atoms with E-state index in [-0.39, 0.29) is 16.9 Å². The van der Waals surface area contributed by atoms with E-state index in [1.54, 1.807) is 0 Å². The molecular weight excluding hydrogens is 442 g/mol. The first-order valence-corrected chi connectivity index (χ1v) is 10.2. The molecule has 1 aromatic heterocycles. The number of alkyl halides is 3. The molecule has 2 amide bonds. The topological polar surface area (TPSA) is 107 Å². The first-order chi connectivity index (χ1) is 15.6. The van der Waals surface area contributed by atoms with Crippen LogP contribution in [0.25, 0.3) is 0 Å². The maximum Gasteiger partial charge on any atom is 0.419 e. The predicted molar refractivity (Wildman–Crippen MR) is 114 cm³/mol. The molecule has 3 rings (SSSR count). The van der Waals surface area contributed by atoms with E-state index in [2.05, 4.69) is 20.9 Å². The third-order valence-electron chi connectivity index (χ3n) is 5.02. The predicted octanol–water partition coefficient (Wildman–Crippen LogP) is 4.47. The molecule has 2 aromatic rings. The van der Waals surface area contributed by atoms with E-state index in [0.29, 0.717) is 25.3 Å². The van der Waals surface area contributed by atoms with E-state index in [1.165, 1.54) is 25.2 Å². The molecule has 0 bridgehead atoms. The summed E-state index contributed by atoms with van der Waals surface area (Å²) in [5.74, 6) is -2.01. The van der Waals surface area contributed by atoms with Crippen molar-refractivity contribution in [3.05, 3.63) is 53.1 Å². The Morgan fingerprint density at radius 1 is 1.15 bits per heavy atom. The number of nitriles is 1. The minimum atomic E-state index is -4.81. The van der Waals surface area contributed by atoms with Gasteiger partial charge in [-0.2, -0.15) is 18.4 Å². The van der Waals surface area contributed by atoms with Crippen molar-refractivity contribution in [1.82, 2.24) is 10.3 Å². The maximum absolute atomic E-state index is 14.2. The SMILES string of the molecule is CC.CNC(=O)c1ccc(NC2(C(=O)Nc3cnc(C#N)c(C(F)(F)F)c3)CCC2)cc1F. The summed E-state index contributed by atoms with van der Waals surface area (Å²) in [6.07, 6.45) is -2.43. The van der Waals surface area contributed by atoms with Gasteiger partial charge in [0.15, 0.2) is 5.69 Å². The molecule has 1 saturated carbocycles. The average Bonchev–Trinajstić information content (AvgIpc) is 2.76. The number of amides is 2. The second-order valence-electron chi connectivity index (χ2n) is 7.02. The molecule has 176 valence electrons. The fourth-order valence-electron chi connectivity index (χ4n) is 3.22. The van der Waals surface area contributed by atoms with Gasteiger partial charge in [0.1, 0.15) is 17.4 Å². The zero-order valence-corrected chi connectivity index (χ0v) is 18.2. The number of aromatic nitrogens is 1. The van der Waals surface area contributed by atoms with Crippen molar-refractivity contribution in [3.8, 4) is 6.07 Å². The Balaban J connectivity index is 0.00000187. The summed E-state index contributed by atoms with van der Waals surface area (Å²) in [7, 11) is 1.36. The number of carbonyl (C=O) groups is 2. The van der Waals surface area contributed by atoms with Crippen LogP contribution in [-0.4, -0.2) is 29.4 Å². The van der Waals surface area contributed by atoms with Gasteiger partial charge in [-0.1, -0.05) is 13.8 Å². The van der Waals surface area contributed by atoms with E-state index in [4.69, 9.17) is 5.26 Å². The number of hydrogen-bond acceptors (Lipinski definition) is 5. The Morgan fingerprint density at radius 2 is 1.82 bits per heavy atom. The Labute approximate surface area is 188 Å². The molecule has 1 heterocycles. The third kappa shape index (κ3) is 5.58. The molecule has 7 nitrogen and oxygen atoms in total. The fourth-order valence-corrected chi connectivity index (χ4v) is 3.22. The number of nitrogens with zero attached hydrogens (tertiary/aromatic N) is 2. The molecule has 1 aliphatic rings. The molecule has 0 saturated heterocycles. The minimum Gasteiger partial charge on any atom is -0.371 e. The van der Waals surface area contributed by atoms with E-state index in [9.17, 15) is 27.2 Å². The lowest BCUT2D eigenvalue weighted by atomic mass is 9.75. The van der Waals surface area contributed by atoms with Crippen molar-refractivity contribution in [2.75, 3.05) is 17.7 Å². The number of halogens is 4. The molecule has 1 aromatic carbocycles. The van der Waals surface area contributed by atoms with Gasteiger partial charge in [-0.05, 0) is 43.5 Å². The summed E-state index contributed by atoms with van der Waals surface area (Å²) in [5.41, 5.74) is -3.35. The number of hydrogen-bond donors (Lipinski definition) is 3. The van der Waals surface area contributed by atoms with Gasteiger partial charge < -0.3 is 16.0 Å². The van der Waals surface area contributed by atoms with Crippen molar-refractivity contribution in [3.63, 3.8) is 0 Å². The van der Waals surface area contributed by atoms with Gasteiger partial charge in [0.05, 0.1) is 23.0 Å². The van der Waals surface area contributed by atoms with Crippen LogP contribution in [0.15, 0.2) is 30.5 Å². The summed E-state index contributed by atoms with van der Waals surface area (Å²) in [4.78, 5) is 27.9. The molecule has 1 fully saturated rings. The lowest BCUT2D eigenvalue weighted by Crippen LogP contribution is -2.54. The van der Waals surface area contributed by atoms with Gasteiger partial charge in [-0.25, -0.2) is 9.37 Å². The molecule has 0 spiro atoms. The van der Waals surface area contributed by atoms with Gasteiger partial charge in [-0.15, -0.1) is 0 Å². The zero-order chi connectivity index (χ0) is 24.8. The Bertz CT molecular complexity index is 1080. The normalized spacial score (nSPS) is 14.0. The van der Waals surface area contributed by atoms with Crippen LogP contribution in [0.4, 0.5) is 28.9 Å². The summed E-state index contributed by atoms with van der Waals surface area (Å²) >= 11 is 0. The van der Waals surface area contributed by atoms with Gasteiger partial charge in [-0.3, -0.25) is 9.59 Å². The van der Waals surface area contributed by atoms with Crippen LogP contribution in [0.5, 0.6) is 0 Å². The van der Waals surface area contributed by atoms with Crippen LogP contribution in [0.1, 0.15) is 54.7 Å². The highest BCUT2D eigenvalue weighted by atomic mass is 19.4. The quantitative estimate of drug-likeness (QED) is 0.565. The number of rotatable bonds is 5. The zero-order valence-electron chi connectivity index (χ0n) is 18.2. The molecule has 0 atom stereocenters. The second-order valence-corrected chi connectivity index (χ2v) is 7.02. The molecule has 0 radical (unpaired) electrons. The largest absolute Gasteiger partial charge is 0.419 e. The number of carbonyl (C=O) groups excluding carboxylic acids is 2. The maximum atomic E-state index is 14.2. The van der Waals surface area contributed by atoms with E-state index < -0.39 is 40.6 Å². The van der Waals surface area contributed by atoms with Gasteiger partial charge in [0, 0.05) is 12.7 Å².